The number of pyridine rings is 1. The first-order chi connectivity index (χ1) is 9.02. The van der Waals surface area contributed by atoms with Crippen molar-refractivity contribution in [1.29, 1.82) is 0 Å². The van der Waals surface area contributed by atoms with Gasteiger partial charge in [0, 0.05) is 25.2 Å². The van der Waals surface area contributed by atoms with Gasteiger partial charge in [-0.1, -0.05) is 26.8 Å². The molecule has 108 valence electrons. The van der Waals surface area contributed by atoms with E-state index >= 15 is 0 Å². The van der Waals surface area contributed by atoms with Gasteiger partial charge in [0.15, 0.2) is 0 Å². The van der Waals surface area contributed by atoms with Gasteiger partial charge < -0.3 is 5.32 Å². The van der Waals surface area contributed by atoms with Crippen molar-refractivity contribution in [3.63, 3.8) is 0 Å². The molecule has 1 N–H and O–H groups in total. The molecule has 0 fully saturated rings. The summed E-state index contributed by atoms with van der Waals surface area (Å²) in [4.78, 5) is 7.22. The van der Waals surface area contributed by atoms with E-state index in [-0.39, 0.29) is 0 Å². The van der Waals surface area contributed by atoms with Gasteiger partial charge in [0.2, 0.25) is 0 Å². The van der Waals surface area contributed by atoms with Gasteiger partial charge in [0.25, 0.3) is 0 Å². The molecule has 0 spiro atoms. The van der Waals surface area contributed by atoms with Crippen LogP contribution in [0.5, 0.6) is 0 Å². The summed E-state index contributed by atoms with van der Waals surface area (Å²) in [6.45, 7) is 14.0. The maximum Gasteiger partial charge on any atom is 0.0547 e. The summed E-state index contributed by atoms with van der Waals surface area (Å²) in [5, 5.41) is 3.41. The van der Waals surface area contributed by atoms with E-state index in [0.29, 0.717) is 12.1 Å². The number of nitrogens with zero attached hydrogens (tertiary/aromatic N) is 2. The number of hydrogen-bond acceptors (Lipinski definition) is 3. The number of nitrogens with one attached hydrogen (secondary N) is 1. The highest BCUT2D eigenvalue weighted by atomic mass is 15.1. The van der Waals surface area contributed by atoms with E-state index in [9.17, 15) is 0 Å². The van der Waals surface area contributed by atoms with Crippen molar-refractivity contribution < 1.29 is 0 Å². The van der Waals surface area contributed by atoms with Crippen molar-refractivity contribution in [2.24, 2.45) is 0 Å². The van der Waals surface area contributed by atoms with Crippen LogP contribution in [0.1, 0.15) is 52.4 Å². The third-order valence-electron chi connectivity index (χ3n) is 3.16. The third-order valence-corrected chi connectivity index (χ3v) is 3.16. The van der Waals surface area contributed by atoms with Gasteiger partial charge in [-0.05, 0) is 38.9 Å². The Morgan fingerprint density at radius 3 is 2.42 bits per heavy atom. The van der Waals surface area contributed by atoms with E-state index in [1.165, 1.54) is 12.1 Å². The van der Waals surface area contributed by atoms with Crippen LogP contribution in [-0.2, 0) is 13.1 Å². The van der Waals surface area contributed by atoms with Crippen LogP contribution >= 0.6 is 0 Å². The standard InChI is InChI=1S/C16H29N3/c1-6-10-19(14(4)5)12-16-9-7-8-15(18-16)11-17-13(2)3/h7-9,13-14,17H,6,10-12H2,1-5H3. The molecule has 1 aromatic heterocycles. The molecule has 0 aliphatic rings. The van der Waals surface area contributed by atoms with E-state index in [1.807, 2.05) is 0 Å². The summed E-state index contributed by atoms with van der Waals surface area (Å²) in [7, 11) is 0. The molecular formula is C16H29N3. The van der Waals surface area contributed by atoms with Crippen molar-refractivity contribution in [3.05, 3.63) is 29.6 Å². The zero-order chi connectivity index (χ0) is 14.3. The first-order valence-electron chi connectivity index (χ1n) is 7.45. The number of hydrogen-bond donors (Lipinski definition) is 1. The van der Waals surface area contributed by atoms with Gasteiger partial charge in [-0.2, -0.15) is 0 Å². The molecule has 0 aliphatic heterocycles. The van der Waals surface area contributed by atoms with E-state index in [0.717, 1.165) is 25.3 Å². The van der Waals surface area contributed by atoms with Gasteiger partial charge in [0.1, 0.15) is 0 Å². The minimum Gasteiger partial charge on any atom is -0.309 e. The quantitative estimate of drug-likeness (QED) is 0.780. The molecule has 3 nitrogen and oxygen atoms in total. The molecule has 0 saturated heterocycles. The molecular weight excluding hydrogens is 234 g/mol. The van der Waals surface area contributed by atoms with Gasteiger partial charge in [-0.25, -0.2) is 0 Å². The molecule has 19 heavy (non-hydrogen) atoms. The molecule has 1 aromatic rings. The SMILES string of the molecule is CCCN(Cc1cccc(CNC(C)C)n1)C(C)C. The minimum absolute atomic E-state index is 0.498. The Kier molecular flexibility index (Phi) is 7.03. The summed E-state index contributed by atoms with van der Waals surface area (Å²) >= 11 is 0. The molecule has 0 saturated carbocycles. The smallest absolute Gasteiger partial charge is 0.0547 e. The predicted octanol–water partition coefficient (Wildman–Crippen LogP) is 3.20. The normalized spacial score (nSPS) is 11.8. The van der Waals surface area contributed by atoms with Crippen LogP contribution in [0, 0.1) is 0 Å². The van der Waals surface area contributed by atoms with Crippen molar-refractivity contribution in [2.45, 2.75) is 66.2 Å². The highest BCUT2D eigenvalue weighted by Gasteiger charge is 2.10. The van der Waals surface area contributed by atoms with Crippen LogP contribution in [-0.4, -0.2) is 28.5 Å². The maximum atomic E-state index is 4.74. The fraction of sp³-hybridized carbons (Fsp3) is 0.688. The lowest BCUT2D eigenvalue weighted by Gasteiger charge is -2.25. The van der Waals surface area contributed by atoms with Gasteiger partial charge >= 0.3 is 0 Å². The van der Waals surface area contributed by atoms with Gasteiger partial charge in [0.05, 0.1) is 11.4 Å². The second kappa shape index (κ2) is 8.28. The van der Waals surface area contributed by atoms with Crippen LogP contribution in [0.25, 0.3) is 0 Å². The molecule has 1 heterocycles. The summed E-state index contributed by atoms with van der Waals surface area (Å²) in [5.74, 6) is 0. The fourth-order valence-electron chi connectivity index (χ4n) is 2.04. The Bertz CT molecular complexity index is 361. The van der Waals surface area contributed by atoms with E-state index in [4.69, 9.17) is 4.98 Å². The highest BCUT2D eigenvalue weighted by Crippen LogP contribution is 2.08. The number of rotatable bonds is 8. The summed E-state index contributed by atoms with van der Waals surface area (Å²) in [6, 6.07) is 7.41. The lowest BCUT2D eigenvalue weighted by atomic mass is 10.2. The van der Waals surface area contributed by atoms with Crippen LogP contribution < -0.4 is 5.32 Å². The topological polar surface area (TPSA) is 28.2 Å². The first kappa shape index (κ1) is 16.1. The molecule has 0 aromatic carbocycles. The highest BCUT2D eigenvalue weighted by molar-refractivity contribution is 5.11. The third kappa shape index (κ3) is 6.17. The summed E-state index contributed by atoms with van der Waals surface area (Å²) < 4.78 is 0. The lowest BCUT2D eigenvalue weighted by molar-refractivity contribution is 0.210. The Morgan fingerprint density at radius 2 is 1.84 bits per heavy atom. The Labute approximate surface area is 118 Å². The fourth-order valence-corrected chi connectivity index (χ4v) is 2.04. The Hall–Kier alpha value is -0.930. The molecule has 0 unspecified atom stereocenters. The first-order valence-corrected chi connectivity index (χ1v) is 7.45. The molecule has 0 amide bonds. The zero-order valence-electron chi connectivity index (χ0n) is 13.1. The monoisotopic (exact) mass is 263 g/mol. The van der Waals surface area contributed by atoms with E-state index in [2.05, 4.69) is 63.0 Å². The van der Waals surface area contributed by atoms with Gasteiger partial charge in [-0.15, -0.1) is 0 Å². The Morgan fingerprint density at radius 1 is 1.16 bits per heavy atom. The summed E-state index contributed by atoms with van der Waals surface area (Å²) in [5.41, 5.74) is 2.30. The zero-order valence-corrected chi connectivity index (χ0v) is 13.1. The molecule has 0 aliphatic carbocycles. The second-order valence-corrected chi connectivity index (χ2v) is 5.72. The van der Waals surface area contributed by atoms with Crippen molar-refractivity contribution in [2.75, 3.05) is 6.54 Å². The van der Waals surface area contributed by atoms with Crippen molar-refractivity contribution >= 4 is 0 Å². The van der Waals surface area contributed by atoms with Gasteiger partial charge in [-0.3, -0.25) is 9.88 Å². The lowest BCUT2D eigenvalue weighted by Crippen LogP contribution is -2.31. The maximum absolute atomic E-state index is 4.74. The second-order valence-electron chi connectivity index (χ2n) is 5.72. The predicted molar refractivity (Wildman–Crippen MR) is 82.0 cm³/mol. The van der Waals surface area contributed by atoms with Crippen molar-refractivity contribution in [1.82, 2.24) is 15.2 Å². The average molecular weight is 263 g/mol. The number of aromatic nitrogens is 1. The van der Waals surface area contributed by atoms with E-state index < -0.39 is 0 Å². The molecule has 0 atom stereocenters. The minimum atomic E-state index is 0.498. The van der Waals surface area contributed by atoms with Crippen LogP contribution in [0.2, 0.25) is 0 Å². The average Bonchev–Trinajstić information content (AvgIpc) is 2.36. The molecule has 1 rings (SSSR count). The van der Waals surface area contributed by atoms with Crippen LogP contribution in [0.3, 0.4) is 0 Å². The van der Waals surface area contributed by atoms with Crippen LogP contribution in [0.4, 0.5) is 0 Å². The van der Waals surface area contributed by atoms with Crippen molar-refractivity contribution in [3.8, 4) is 0 Å². The Balaban J connectivity index is 2.64. The molecule has 3 heteroatoms. The molecule has 0 bridgehead atoms. The van der Waals surface area contributed by atoms with E-state index in [1.54, 1.807) is 0 Å². The largest absolute Gasteiger partial charge is 0.309 e. The molecule has 0 radical (unpaired) electrons. The summed E-state index contributed by atoms with van der Waals surface area (Å²) in [6.07, 6.45) is 1.19. The van der Waals surface area contributed by atoms with Crippen LogP contribution in [0.15, 0.2) is 18.2 Å².